The van der Waals surface area contributed by atoms with Crippen LogP contribution in [0.2, 0.25) is 0 Å². The van der Waals surface area contributed by atoms with Crippen LogP contribution in [0.1, 0.15) is 52.4 Å². The summed E-state index contributed by atoms with van der Waals surface area (Å²) in [6, 6.07) is 7.38. The fourth-order valence-corrected chi connectivity index (χ4v) is 3.40. The Bertz CT molecular complexity index is 657. The molecule has 2 amide bonds. The number of ether oxygens (including phenoxy) is 1. The van der Waals surface area contributed by atoms with Gasteiger partial charge in [-0.25, -0.2) is 0 Å². The highest BCUT2D eigenvalue weighted by Crippen LogP contribution is 2.32. The Morgan fingerprint density at radius 2 is 1.81 bits per heavy atom. The first-order valence-corrected chi connectivity index (χ1v) is 9.97. The molecule has 1 aromatic rings. The lowest BCUT2D eigenvalue weighted by Crippen LogP contribution is -2.41. The van der Waals surface area contributed by atoms with Gasteiger partial charge in [-0.1, -0.05) is 44.9 Å². The molecule has 1 saturated carbocycles. The first-order valence-electron chi connectivity index (χ1n) is 9.97. The first-order chi connectivity index (χ1) is 13.0. The zero-order chi connectivity index (χ0) is 19.6. The standard InChI is InChI=1S/C22H32N2O3/c1-4-5-14-23-21(25)17-10-6-7-11-18(17)22(26)24-19-12-8-9-13-20(19)27-15-16(2)3/h8-9,12-13,17-18H,2,4-7,10-11,14-15H2,1,3H3,(H,23,25)(H,24,26)/t17-,18+/m1/s1. The molecule has 0 aliphatic heterocycles. The summed E-state index contributed by atoms with van der Waals surface area (Å²) in [4.78, 5) is 25.5. The van der Waals surface area contributed by atoms with Crippen LogP contribution in [0.3, 0.4) is 0 Å². The molecule has 5 nitrogen and oxygen atoms in total. The van der Waals surface area contributed by atoms with Crippen molar-refractivity contribution in [2.75, 3.05) is 18.5 Å². The highest BCUT2D eigenvalue weighted by molar-refractivity contribution is 5.97. The summed E-state index contributed by atoms with van der Waals surface area (Å²) in [6.45, 7) is 8.90. The summed E-state index contributed by atoms with van der Waals surface area (Å²) in [6.07, 6.45) is 5.48. The lowest BCUT2D eigenvalue weighted by molar-refractivity contribution is -0.134. The predicted octanol–water partition coefficient (Wildman–Crippen LogP) is 4.30. The number of rotatable bonds is 9. The van der Waals surface area contributed by atoms with Gasteiger partial charge in [-0.15, -0.1) is 0 Å². The Labute approximate surface area is 162 Å². The molecule has 1 aromatic carbocycles. The average Bonchev–Trinajstić information content (AvgIpc) is 2.67. The van der Waals surface area contributed by atoms with E-state index in [4.69, 9.17) is 4.74 Å². The normalized spacial score (nSPS) is 19.2. The number of carbonyl (C=O) groups excluding carboxylic acids is 2. The quantitative estimate of drug-likeness (QED) is 0.501. The van der Waals surface area contributed by atoms with Crippen molar-refractivity contribution >= 4 is 17.5 Å². The number of para-hydroxylation sites is 2. The molecule has 0 heterocycles. The molecule has 0 aromatic heterocycles. The minimum atomic E-state index is -0.297. The first kappa shape index (κ1) is 21.0. The van der Waals surface area contributed by atoms with Crippen LogP contribution in [0.15, 0.2) is 36.4 Å². The summed E-state index contributed by atoms with van der Waals surface area (Å²) in [5.41, 5.74) is 1.55. The molecular weight excluding hydrogens is 340 g/mol. The van der Waals surface area contributed by atoms with Gasteiger partial charge in [0.05, 0.1) is 5.69 Å². The monoisotopic (exact) mass is 372 g/mol. The van der Waals surface area contributed by atoms with E-state index in [-0.39, 0.29) is 23.7 Å². The molecule has 0 unspecified atom stereocenters. The average molecular weight is 373 g/mol. The Hall–Kier alpha value is -2.30. The Morgan fingerprint density at radius 1 is 1.15 bits per heavy atom. The van der Waals surface area contributed by atoms with Crippen molar-refractivity contribution in [3.05, 3.63) is 36.4 Å². The molecule has 0 bridgehead atoms. The molecule has 2 N–H and O–H groups in total. The second-order valence-electron chi connectivity index (χ2n) is 7.37. The fourth-order valence-electron chi connectivity index (χ4n) is 3.40. The zero-order valence-electron chi connectivity index (χ0n) is 16.6. The largest absolute Gasteiger partial charge is 0.487 e. The predicted molar refractivity (Wildman–Crippen MR) is 109 cm³/mol. The Balaban J connectivity index is 2.04. The molecule has 148 valence electrons. The molecule has 2 atom stereocenters. The number of hydrogen-bond donors (Lipinski definition) is 2. The van der Waals surface area contributed by atoms with E-state index in [9.17, 15) is 9.59 Å². The number of benzene rings is 1. The zero-order valence-corrected chi connectivity index (χ0v) is 16.6. The van der Waals surface area contributed by atoms with Crippen LogP contribution >= 0.6 is 0 Å². The smallest absolute Gasteiger partial charge is 0.228 e. The van der Waals surface area contributed by atoms with E-state index in [2.05, 4.69) is 24.1 Å². The number of carbonyl (C=O) groups is 2. The van der Waals surface area contributed by atoms with E-state index in [1.807, 2.05) is 31.2 Å². The van der Waals surface area contributed by atoms with Crippen LogP contribution in [0, 0.1) is 11.8 Å². The molecule has 27 heavy (non-hydrogen) atoms. The minimum absolute atomic E-state index is 0.00937. The van der Waals surface area contributed by atoms with Crippen LogP contribution in [-0.4, -0.2) is 25.0 Å². The van der Waals surface area contributed by atoms with Crippen LogP contribution in [0.4, 0.5) is 5.69 Å². The van der Waals surface area contributed by atoms with Crippen molar-refractivity contribution in [3.8, 4) is 5.75 Å². The van der Waals surface area contributed by atoms with Gasteiger partial charge >= 0.3 is 0 Å². The summed E-state index contributed by atoms with van der Waals surface area (Å²) >= 11 is 0. The van der Waals surface area contributed by atoms with Crippen molar-refractivity contribution in [2.45, 2.75) is 52.4 Å². The van der Waals surface area contributed by atoms with Gasteiger partial charge in [-0.3, -0.25) is 9.59 Å². The van der Waals surface area contributed by atoms with Crippen molar-refractivity contribution in [3.63, 3.8) is 0 Å². The van der Waals surface area contributed by atoms with Gasteiger partial charge in [0, 0.05) is 18.4 Å². The van der Waals surface area contributed by atoms with E-state index < -0.39 is 0 Å². The van der Waals surface area contributed by atoms with Gasteiger partial charge in [-0.2, -0.15) is 0 Å². The van der Waals surface area contributed by atoms with Gasteiger partial charge < -0.3 is 15.4 Å². The summed E-state index contributed by atoms with van der Waals surface area (Å²) in [7, 11) is 0. The maximum Gasteiger partial charge on any atom is 0.228 e. The van der Waals surface area contributed by atoms with Crippen molar-refractivity contribution in [1.82, 2.24) is 5.32 Å². The van der Waals surface area contributed by atoms with E-state index in [0.29, 0.717) is 24.6 Å². The Kier molecular flexibility index (Phi) is 8.37. The highest BCUT2D eigenvalue weighted by atomic mass is 16.5. The number of nitrogens with one attached hydrogen (secondary N) is 2. The molecule has 1 aliphatic carbocycles. The minimum Gasteiger partial charge on any atom is -0.487 e. The van der Waals surface area contributed by atoms with E-state index >= 15 is 0 Å². The molecule has 0 saturated heterocycles. The van der Waals surface area contributed by atoms with Crippen LogP contribution in [0.25, 0.3) is 0 Å². The second kappa shape index (κ2) is 10.8. The van der Waals surface area contributed by atoms with E-state index in [1.165, 1.54) is 0 Å². The third-order valence-electron chi connectivity index (χ3n) is 4.89. The summed E-state index contributed by atoms with van der Waals surface area (Å²) < 4.78 is 5.73. The van der Waals surface area contributed by atoms with Gasteiger partial charge in [-0.05, 0) is 43.9 Å². The molecule has 5 heteroatoms. The van der Waals surface area contributed by atoms with Gasteiger partial charge in [0.2, 0.25) is 11.8 Å². The van der Waals surface area contributed by atoms with Gasteiger partial charge in [0.25, 0.3) is 0 Å². The van der Waals surface area contributed by atoms with Crippen molar-refractivity contribution in [2.24, 2.45) is 11.8 Å². The number of unbranched alkanes of at least 4 members (excludes halogenated alkanes) is 1. The van der Waals surface area contributed by atoms with Crippen molar-refractivity contribution < 1.29 is 14.3 Å². The topological polar surface area (TPSA) is 67.4 Å². The van der Waals surface area contributed by atoms with Crippen LogP contribution in [-0.2, 0) is 9.59 Å². The fraction of sp³-hybridized carbons (Fsp3) is 0.545. The SMILES string of the molecule is C=C(C)COc1ccccc1NC(=O)[C@H]1CCCC[C@H]1C(=O)NCCCC. The molecule has 0 radical (unpaired) electrons. The number of anilines is 1. The third kappa shape index (κ3) is 6.42. The van der Waals surface area contributed by atoms with E-state index in [0.717, 1.165) is 44.1 Å². The molecular formula is C22H32N2O3. The second-order valence-corrected chi connectivity index (χ2v) is 7.37. The van der Waals surface area contributed by atoms with Gasteiger partial charge in [0.1, 0.15) is 12.4 Å². The molecule has 2 rings (SSSR count). The summed E-state index contributed by atoms with van der Waals surface area (Å²) in [5.74, 6) is -0.0193. The van der Waals surface area contributed by atoms with Crippen LogP contribution < -0.4 is 15.4 Å². The molecule has 1 aliphatic rings. The number of amides is 2. The lowest BCUT2D eigenvalue weighted by Gasteiger charge is -2.29. The van der Waals surface area contributed by atoms with Crippen LogP contribution in [0.5, 0.6) is 5.75 Å². The lowest BCUT2D eigenvalue weighted by atomic mass is 9.78. The number of hydrogen-bond acceptors (Lipinski definition) is 3. The maximum atomic E-state index is 12.9. The maximum absolute atomic E-state index is 12.9. The van der Waals surface area contributed by atoms with E-state index in [1.54, 1.807) is 0 Å². The third-order valence-corrected chi connectivity index (χ3v) is 4.89. The van der Waals surface area contributed by atoms with Crippen molar-refractivity contribution in [1.29, 1.82) is 0 Å². The highest BCUT2D eigenvalue weighted by Gasteiger charge is 2.35. The Morgan fingerprint density at radius 3 is 2.48 bits per heavy atom. The van der Waals surface area contributed by atoms with Gasteiger partial charge in [0.15, 0.2) is 0 Å². The summed E-state index contributed by atoms with van der Waals surface area (Å²) in [5, 5.41) is 5.98. The molecule has 1 fully saturated rings. The molecule has 0 spiro atoms.